The van der Waals surface area contributed by atoms with Crippen molar-refractivity contribution in [2.24, 2.45) is 23.7 Å². The van der Waals surface area contributed by atoms with Crippen molar-refractivity contribution in [3.8, 4) is 0 Å². The second-order valence-electron chi connectivity index (χ2n) is 26.2. The first-order valence-electron chi connectivity index (χ1n) is 35.2. The summed E-state index contributed by atoms with van der Waals surface area (Å²) in [7, 11) is -9.90. The van der Waals surface area contributed by atoms with E-state index in [1.165, 1.54) is 128 Å². The van der Waals surface area contributed by atoms with Crippen LogP contribution in [0.1, 0.15) is 331 Å². The van der Waals surface area contributed by atoms with E-state index < -0.39 is 97.5 Å². The molecule has 17 nitrogen and oxygen atoms in total. The standard InChI is InChI=1S/C68H132O17P2/c1-9-61(8)47-39-31-22-15-11-13-16-23-32-40-48-65(70)78-54-63(85-68(73)51-43-35-25-19-18-21-29-37-45-59(4)5)56-82-86(74,75)80-52-62(69)53-81-87(76,77)83-57-64(55-79-66(71)49-41-33-27-26-30-38-46-60(6)7)84-67(72)50-42-34-24-17-12-10-14-20-28-36-44-58(2)3/h58-64,69H,9-57H2,1-8H3,(H,74,75)(H,76,77)/t61?,62-,63-,64-/m1/s1. The third-order valence-corrected chi connectivity index (χ3v) is 17.8. The maximum atomic E-state index is 13.0. The van der Waals surface area contributed by atoms with Crippen LogP contribution in [0.2, 0.25) is 0 Å². The molecule has 87 heavy (non-hydrogen) atoms. The Morgan fingerprint density at radius 3 is 0.816 bits per heavy atom. The molecule has 3 unspecified atom stereocenters. The molecule has 0 bridgehead atoms. The molecular weight excluding hydrogens is 1150 g/mol. The van der Waals surface area contributed by atoms with Gasteiger partial charge in [0.2, 0.25) is 0 Å². The Hall–Kier alpha value is -1.94. The Balaban J connectivity index is 5.25. The third-order valence-electron chi connectivity index (χ3n) is 15.9. The topological polar surface area (TPSA) is 237 Å². The molecule has 3 N–H and O–H groups in total. The molecule has 0 aromatic heterocycles. The van der Waals surface area contributed by atoms with Gasteiger partial charge in [-0.25, -0.2) is 9.13 Å². The van der Waals surface area contributed by atoms with Crippen molar-refractivity contribution in [2.45, 2.75) is 350 Å². The fourth-order valence-electron chi connectivity index (χ4n) is 10.1. The highest BCUT2D eigenvalue weighted by Crippen LogP contribution is 2.45. The van der Waals surface area contributed by atoms with Gasteiger partial charge in [-0.2, -0.15) is 0 Å². The quantitative estimate of drug-likeness (QED) is 0.0222. The van der Waals surface area contributed by atoms with Crippen LogP contribution in [0.15, 0.2) is 0 Å². The van der Waals surface area contributed by atoms with Gasteiger partial charge in [0.25, 0.3) is 0 Å². The summed E-state index contributed by atoms with van der Waals surface area (Å²) in [6.07, 6.45) is 39.0. The predicted octanol–water partition coefficient (Wildman–Crippen LogP) is 18.9. The minimum Gasteiger partial charge on any atom is -0.462 e. The lowest BCUT2D eigenvalue weighted by molar-refractivity contribution is -0.161. The molecule has 0 spiro atoms. The van der Waals surface area contributed by atoms with Crippen LogP contribution >= 0.6 is 15.6 Å². The molecule has 0 aliphatic heterocycles. The summed E-state index contributed by atoms with van der Waals surface area (Å²) in [6, 6.07) is 0. The van der Waals surface area contributed by atoms with Gasteiger partial charge in [0.05, 0.1) is 26.4 Å². The molecule has 516 valence electrons. The molecule has 0 aliphatic carbocycles. The molecular formula is C68H132O17P2. The first kappa shape index (κ1) is 85.1. The number of aliphatic hydroxyl groups is 1. The highest BCUT2D eigenvalue weighted by atomic mass is 31.2. The first-order chi connectivity index (χ1) is 41.6. The Labute approximate surface area is 530 Å². The molecule has 0 rings (SSSR count). The number of hydrogen-bond donors (Lipinski definition) is 3. The van der Waals surface area contributed by atoms with Crippen molar-refractivity contribution in [1.82, 2.24) is 0 Å². The van der Waals surface area contributed by atoms with Crippen molar-refractivity contribution >= 4 is 39.5 Å². The van der Waals surface area contributed by atoms with Gasteiger partial charge in [-0.3, -0.25) is 37.3 Å². The molecule has 0 amide bonds. The highest BCUT2D eigenvalue weighted by Gasteiger charge is 2.30. The number of phosphoric ester groups is 2. The number of aliphatic hydroxyl groups excluding tert-OH is 1. The molecule has 0 heterocycles. The largest absolute Gasteiger partial charge is 0.472 e. The molecule has 6 atom stereocenters. The van der Waals surface area contributed by atoms with E-state index in [2.05, 4.69) is 55.4 Å². The van der Waals surface area contributed by atoms with Crippen LogP contribution in [0.25, 0.3) is 0 Å². The molecule has 0 aromatic carbocycles. The molecule has 19 heteroatoms. The SMILES string of the molecule is CCC(C)CCCCCCCCCCCCC(=O)OC[C@H](COP(=O)(O)OC[C@@H](O)COP(=O)(O)OC[C@@H](COC(=O)CCCCCCCCC(C)C)OC(=O)CCCCCCCCCCCCC(C)C)OC(=O)CCCCCCCCCCC(C)C. The van der Waals surface area contributed by atoms with Gasteiger partial charge in [-0.05, 0) is 49.4 Å². The minimum absolute atomic E-state index is 0.104. The van der Waals surface area contributed by atoms with Gasteiger partial charge >= 0.3 is 39.5 Å². The second kappa shape index (κ2) is 57.9. The van der Waals surface area contributed by atoms with E-state index in [1.54, 1.807) is 0 Å². The number of hydrogen-bond acceptors (Lipinski definition) is 15. The lowest BCUT2D eigenvalue weighted by Gasteiger charge is -2.21. The fraction of sp³-hybridized carbons (Fsp3) is 0.941. The number of phosphoric acid groups is 2. The summed E-state index contributed by atoms with van der Waals surface area (Å²) in [6.45, 7) is 14.0. The lowest BCUT2D eigenvalue weighted by atomic mass is 9.99. The number of carbonyl (C=O) groups is 4. The number of rotatable bonds is 65. The zero-order valence-corrected chi connectivity index (χ0v) is 58.4. The normalized spacial score (nSPS) is 14.6. The number of esters is 4. The number of carbonyl (C=O) groups excluding carboxylic acids is 4. The number of ether oxygens (including phenoxy) is 4. The van der Waals surface area contributed by atoms with E-state index in [4.69, 9.17) is 37.0 Å². The Kier molecular flexibility index (Phi) is 56.6. The zero-order valence-electron chi connectivity index (χ0n) is 56.6. The molecule has 0 saturated heterocycles. The Morgan fingerprint density at radius 2 is 0.552 bits per heavy atom. The summed E-state index contributed by atoms with van der Waals surface area (Å²) in [4.78, 5) is 72.4. The summed E-state index contributed by atoms with van der Waals surface area (Å²) in [5.41, 5.74) is 0. The van der Waals surface area contributed by atoms with Crippen molar-refractivity contribution < 1.29 is 80.2 Å². The van der Waals surface area contributed by atoms with Crippen LogP contribution in [-0.4, -0.2) is 96.7 Å². The van der Waals surface area contributed by atoms with E-state index in [0.717, 1.165) is 114 Å². The first-order valence-corrected chi connectivity index (χ1v) is 38.2. The van der Waals surface area contributed by atoms with Crippen LogP contribution in [0.3, 0.4) is 0 Å². The smallest absolute Gasteiger partial charge is 0.462 e. The molecule has 0 aliphatic rings. The average Bonchev–Trinajstić information content (AvgIpc) is 3.69. The molecule has 0 aromatic rings. The van der Waals surface area contributed by atoms with Gasteiger partial charge in [0, 0.05) is 25.7 Å². The van der Waals surface area contributed by atoms with E-state index >= 15 is 0 Å². The minimum atomic E-state index is -4.95. The van der Waals surface area contributed by atoms with E-state index in [-0.39, 0.29) is 25.7 Å². The summed E-state index contributed by atoms with van der Waals surface area (Å²) in [5, 5.41) is 10.6. The monoisotopic (exact) mass is 1280 g/mol. The lowest BCUT2D eigenvalue weighted by Crippen LogP contribution is -2.30. The van der Waals surface area contributed by atoms with E-state index in [9.17, 15) is 43.2 Å². The molecule has 0 radical (unpaired) electrons. The average molecular weight is 1280 g/mol. The highest BCUT2D eigenvalue weighted by molar-refractivity contribution is 7.47. The van der Waals surface area contributed by atoms with Gasteiger partial charge < -0.3 is 33.8 Å². The Bertz CT molecular complexity index is 1730. The van der Waals surface area contributed by atoms with Crippen molar-refractivity contribution in [1.29, 1.82) is 0 Å². The molecule has 0 saturated carbocycles. The number of unbranched alkanes of at least 4 members (excludes halogenated alkanes) is 30. The second-order valence-corrected chi connectivity index (χ2v) is 29.1. The zero-order chi connectivity index (χ0) is 64.7. The van der Waals surface area contributed by atoms with Gasteiger partial charge in [0.15, 0.2) is 12.2 Å². The van der Waals surface area contributed by atoms with Gasteiger partial charge in [0.1, 0.15) is 19.3 Å². The molecule has 0 fully saturated rings. The van der Waals surface area contributed by atoms with Crippen LogP contribution < -0.4 is 0 Å². The van der Waals surface area contributed by atoms with Gasteiger partial charge in [-0.1, -0.05) is 280 Å². The maximum Gasteiger partial charge on any atom is 0.472 e. The third kappa shape index (κ3) is 61.3. The predicted molar refractivity (Wildman–Crippen MR) is 349 cm³/mol. The van der Waals surface area contributed by atoms with E-state index in [0.29, 0.717) is 31.6 Å². The van der Waals surface area contributed by atoms with Crippen LogP contribution in [0.5, 0.6) is 0 Å². The fourth-order valence-corrected chi connectivity index (χ4v) is 11.7. The van der Waals surface area contributed by atoms with Crippen LogP contribution in [0, 0.1) is 23.7 Å². The maximum absolute atomic E-state index is 13.0. The van der Waals surface area contributed by atoms with Crippen LogP contribution in [-0.2, 0) is 65.4 Å². The van der Waals surface area contributed by atoms with Crippen molar-refractivity contribution in [2.75, 3.05) is 39.6 Å². The van der Waals surface area contributed by atoms with Gasteiger partial charge in [-0.15, -0.1) is 0 Å². The summed E-state index contributed by atoms with van der Waals surface area (Å²) in [5.74, 6) is 0.824. The Morgan fingerprint density at radius 1 is 0.322 bits per heavy atom. The van der Waals surface area contributed by atoms with Crippen molar-refractivity contribution in [3.63, 3.8) is 0 Å². The summed E-state index contributed by atoms with van der Waals surface area (Å²) < 4.78 is 68.2. The van der Waals surface area contributed by atoms with E-state index in [1.807, 2.05) is 0 Å². The van der Waals surface area contributed by atoms with Crippen LogP contribution in [0.4, 0.5) is 0 Å². The summed E-state index contributed by atoms with van der Waals surface area (Å²) >= 11 is 0. The van der Waals surface area contributed by atoms with Crippen molar-refractivity contribution in [3.05, 3.63) is 0 Å².